The highest BCUT2D eigenvalue weighted by molar-refractivity contribution is 9.10. The average molecular weight is 349 g/mol. The first-order valence-electron chi connectivity index (χ1n) is 5.20. The Hall–Kier alpha value is -0.770. The van der Waals surface area contributed by atoms with E-state index >= 15 is 0 Å². The van der Waals surface area contributed by atoms with Gasteiger partial charge < -0.3 is 5.32 Å². The van der Waals surface area contributed by atoms with E-state index in [2.05, 4.69) is 21.2 Å². The van der Waals surface area contributed by atoms with Crippen molar-refractivity contribution in [1.29, 1.82) is 0 Å². The topological polar surface area (TPSA) is 12.0 Å². The summed E-state index contributed by atoms with van der Waals surface area (Å²) < 4.78 is 14.3. The van der Waals surface area contributed by atoms with Crippen molar-refractivity contribution >= 4 is 44.8 Å². The number of hydrogen-bond acceptors (Lipinski definition) is 1. The van der Waals surface area contributed by atoms with Crippen LogP contribution in [0.2, 0.25) is 10.0 Å². The summed E-state index contributed by atoms with van der Waals surface area (Å²) in [6, 6.07) is 10.1. The zero-order valence-electron chi connectivity index (χ0n) is 9.18. The zero-order valence-corrected chi connectivity index (χ0v) is 12.3. The molecule has 0 atom stereocenters. The Morgan fingerprint density at radius 2 is 1.89 bits per heavy atom. The van der Waals surface area contributed by atoms with Gasteiger partial charge in [0.1, 0.15) is 5.82 Å². The Bertz CT molecular complexity index is 555. The molecule has 2 aromatic rings. The van der Waals surface area contributed by atoms with Crippen molar-refractivity contribution in [2.24, 2.45) is 0 Å². The number of nitrogens with one attached hydrogen (secondary N) is 1. The highest BCUT2D eigenvalue weighted by Gasteiger charge is 2.06. The van der Waals surface area contributed by atoms with Crippen LogP contribution in [0.15, 0.2) is 40.9 Å². The lowest BCUT2D eigenvalue weighted by molar-refractivity contribution is 0.613. The molecule has 0 spiro atoms. The largest absolute Gasteiger partial charge is 0.381 e. The molecule has 1 nitrogen and oxygen atoms in total. The van der Waals surface area contributed by atoms with Gasteiger partial charge in [-0.2, -0.15) is 0 Å². The van der Waals surface area contributed by atoms with E-state index in [0.717, 1.165) is 10.2 Å². The molecule has 0 aromatic heterocycles. The molecule has 0 unspecified atom stereocenters. The number of hydrogen-bond donors (Lipinski definition) is 1. The van der Waals surface area contributed by atoms with Crippen LogP contribution in [0.5, 0.6) is 0 Å². The van der Waals surface area contributed by atoms with E-state index < -0.39 is 0 Å². The summed E-state index contributed by atoms with van der Waals surface area (Å²) in [7, 11) is 0. The van der Waals surface area contributed by atoms with Gasteiger partial charge in [-0.25, -0.2) is 4.39 Å². The summed E-state index contributed by atoms with van der Waals surface area (Å²) in [5.74, 6) is -0.317. The van der Waals surface area contributed by atoms with Gasteiger partial charge in [0.05, 0.1) is 5.02 Å². The highest BCUT2D eigenvalue weighted by atomic mass is 79.9. The van der Waals surface area contributed by atoms with Crippen LogP contribution in [0.4, 0.5) is 10.1 Å². The van der Waals surface area contributed by atoms with Crippen LogP contribution in [0.3, 0.4) is 0 Å². The van der Waals surface area contributed by atoms with Crippen molar-refractivity contribution < 1.29 is 4.39 Å². The van der Waals surface area contributed by atoms with Gasteiger partial charge in [0.2, 0.25) is 0 Å². The van der Waals surface area contributed by atoms with Crippen LogP contribution in [-0.4, -0.2) is 0 Å². The molecule has 18 heavy (non-hydrogen) atoms. The maximum Gasteiger partial charge on any atom is 0.129 e. The van der Waals surface area contributed by atoms with Crippen molar-refractivity contribution in [2.75, 3.05) is 5.32 Å². The van der Waals surface area contributed by atoms with Crippen LogP contribution in [0.1, 0.15) is 5.56 Å². The van der Waals surface area contributed by atoms with Gasteiger partial charge in [0.15, 0.2) is 0 Å². The van der Waals surface area contributed by atoms with Gasteiger partial charge in [0.25, 0.3) is 0 Å². The first-order chi connectivity index (χ1) is 8.58. The lowest BCUT2D eigenvalue weighted by Gasteiger charge is -2.09. The third kappa shape index (κ3) is 3.16. The van der Waals surface area contributed by atoms with E-state index in [9.17, 15) is 4.39 Å². The molecular weight excluding hydrogens is 340 g/mol. The molecule has 0 bridgehead atoms. The van der Waals surface area contributed by atoms with Crippen LogP contribution < -0.4 is 5.32 Å². The van der Waals surface area contributed by atoms with E-state index in [1.165, 1.54) is 6.07 Å². The van der Waals surface area contributed by atoms with Crippen LogP contribution in [0.25, 0.3) is 0 Å². The Labute approximate surface area is 123 Å². The Balaban J connectivity index is 2.14. The van der Waals surface area contributed by atoms with Gasteiger partial charge >= 0.3 is 0 Å². The fraction of sp³-hybridized carbons (Fsp3) is 0.0769. The first-order valence-corrected chi connectivity index (χ1v) is 6.74. The van der Waals surface area contributed by atoms with Crippen LogP contribution >= 0.6 is 39.1 Å². The molecule has 0 saturated heterocycles. The Morgan fingerprint density at radius 3 is 2.56 bits per heavy atom. The zero-order chi connectivity index (χ0) is 13.1. The average Bonchev–Trinajstić information content (AvgIpc) is 2.33. The molecule has 0 aliphatic rings. The monoisotopic (exact) mass is 347 g/mol. The second-order valence-electron chi connectivity index (χ2n) is 3.68. The molecule has 0 radical (unpaired) electrons. The Morgan fingerprint density at radius 1 is 1.11 bits per heavy atom. The van der Waals surface area contributed by atoms with Gasteiger partial charge in [-0.15, -0.1) is 0 Å². The molecule has 2 aromatic carbocycles. The van der Waals surface area contributed by atoms with Crippen molar-refractivity contribution in [2.45, 2.75) is 6.54 Å². The van der Waals surface area contributed by atoms with Crippen LogP contribution in [-0.2, 0) is 6.54 Å². The second-order valence-corrected chi connectivity index (χ2v) is 5.35. The van der Waals surface area contributed by atoms with Gasteiger partial charge in [-0.1, -0.05) is 29.3 Å². The SMILES string of the molecule is Fc1cccc(Cl)c1CNc1ccc(Cl)c(Br)c1. The summed E-state index contributed by atoms with van der Waals surface area (Å²) in [5, 5.41) is 4.14. The van der Waals surface area contributed by atoms with Gasteiger partial charge in [-0.05, 0) is 46.3 Å². The summed E-state index contributed by atoms with van der Waals surface area (Å²) >= 11 is 15.2. The standard InChI is InChI=1S/C13H9BrCl2FN/c14-10-6-8(4-5-12(10)16)18-7-9-11(15)2-1-3-13(9)17/h1-6,18H,7H2. The molecule has 0 aliphatic carbocycles. The fourth-order valence-corrected chi connectivity index (χ4v) is 2.22. The van der Waals surface area contributed by atoms with Gasteiger partial charge in [-0.3, -0.25) is 0 Å². The van der Waals surface area contributed by atoms with E-state index in [4.69, 9.17) is 23.2 Å². The maximum atomic E-state index is 13.5. The third-order valence-corrected chi connectivity index (χ3v) is 4.02. The molecule has 0 fully saturated rings. The summed E-state index contributed by atoms with van der Waals surface area (Å²) in [6.07, 6.45) is 0. The maximum absolute atomic E-state index is 13.5. The third-order valence-electron chi connectivity index (χ3n) is 2.45. The van der Waals surface area contributed by atoms with E-state index in [1.54, 1.807) is 18.2 Å². The minimum absolute atomic E-state index is 0.317. The molecule has 2 rings (SSSR count). The highest BCUT2D eigenvalue weighted by Crippen LogP contribution is 2.26. The van der Waals surface area contributed by atoms with Crippen molar-refractivity contribution in [3.63, 3.8) is 0 Å². The minimum atomic E-state index is -0.317. The molecule has 0 saturated carbocycles. The van der Waals surface area contributed by atoms with E-state index in [1.807, 2.05) is 12.1 Å². The normalized spacial score (nSPS) is 10.4. The molecule has 94 valence electrons. The summed E-state index contributed by atoms with van der Waals surface area (Å²) in [4.78, 5) is 0. The van der Waals surface area contributed by atoms with Gasteiger partial charge in [0, 0.05) is 27.3 Å². The fourth-order valence-electron chi connectivity index (χ4n) is 1.50. The van der Waals surface area contributed by atoms with Crippen molar-refractivity contribution in [3.8, 4) is 0 Å². The molecule has 5 heteroatoms. The lowest BCUT2D eigenvalue weighted by atomic mass is 10.2. The van der Waals surface area contributed by atoms with Crippen molar-refractivity contribution in [3.05, 3.63) is 62.3 Å². The number of rotatable bonds is 3. The van der Waals surface area contributed by atoms with Crippen molar-refractivity contribution in [1.82, 2.24) is 0 Å². The second kappa shape index (κ2) is 5.91. The van der Waals surface area contributed by atoms with Crippen LogP contribution in [0, 0.1) is 5.82 Å². The molecule has 1 N–H and O–H groups in total. The number of benzene rings is 2. The first kappa shape index (κ1) is 13.7. The van der Waals surface area contributed by atoms with E-state index in [0.29, 0.717) is 22.2 Å². The summed E-state index contributed by atoms with van der Waals surface area (Å²) in [5.41, 5.74) is 1.29. The molecule has 0 heterocycles. The number of anilines is 1. The van der Waals surface area contributed by atoms with E-state index in [-0.39, 0.29) is 5.82 Å². The molecule has 0 amide bonds. The smallest absolute Gasteiger partial charge is 0.129 e. The lowest BCUT2D eigenvalue weighted by Crippen LogP contribution is -2.02. The summed E-state index contributed by atoms with van der Waals surface area (Å²) in [6.45, 7) is 0.319. The Kier molecular flexibility index (Phi) is 4.49. The minimum Gasteiger partial charge on any atom is -0.381 e. The molecule has 0 aliphatic heterocycles. The predicted octanol–water partition coefficient (Wildman–Crippen LogP) is 5.51. The number of halogens is 4. The predicted molar refractivity (Wildman–Crippen MR) is 77.9 cm³/mol. The molecular formula is C13H9BrCl2FN. The quantitative estimate of drug-likeness (QED) is 0.771.